The van der Waals surface area contributed by atoms with Crippen molar-refractivity contribution in [2.75, 3.05) is 26.2 Å². The van der Waals surface area contributed by atoms with E-state index in [4.69, 9.17) is 5.26 Å². The summed E-state index contributed by atoms with van der Waals surface area (Å²) >= 11 is 0. The number of hydrogen-bond donors (Lipinski definition) is 1. The third-order valence-corrected chi connectivity index (χ3v) is 4.51. The molecule has 1 aliphatic heterocycles. The molecule has 0 bridgehead atoms. The van der Waals surface area contributed by atoms with Crippen molar-refractivity contribution < 1.29 is 0 Å². The van der Waals surface area contributed by atoms with Crippen LogP contribution in [0, 0.1) is 16.7 Å². The van der Waals surface area contributed by atoms with Crippen LogP contribution in [0.5, 0.6) is 0 Å². The number of nitriles is 1. The van der Waals surface area contributed by atoms with Gasteiger partial charge in [-0.1, -0.05) is 13.3 Å². The van der Waals surface area contributed by atoms with Crippen molar-refractivity contribution in [2.24, 2.45) is 5.41 Å². The SMILES string of the molecule is CCCNCC1CCCCN1CC1(CC#N)CC1. The van der Waals surface area contributed by atoms with Gasteiger partial charge in [0, 0.05) is 25.6 Å². The zero-order valence-corrected chi connectivity index (χ0v) is 11.7. The van der Waals surface area contributed by atoms with Gasteiger partial charge in [0.2, 0.25) is 0 Å². The normalized spacial score (nSPS) is 26.8. The Balaban J connectivity index is 1.82. The Hall–Kier alpha value is -0.590. The second-order valence-electron chi connectivity index (χ2n) is 6.16. The van der Waals surface area contributed by atoms with Gasteiger partial charge >= 0.3 is 0 Å². The van der Waals surface area contributed by atoms with Crippen LogP contribution >= 0.6 is 0 Å². The fourth-order valence-corrected chi connectivity index (χ4v) is 3.11. The molecular weight excluding hydrogens is 222 g/mol. The molecule has 1 aliphatic carbocycles. The molecule has 0 aromatic carbocycles. The van der Waals surface area contributed by atoms with Crippen molar-refractivity contribution in [1.82, 2.24) is 10.2 Å². The fraction of sp³-hybridized carbons (Fsp3) is 0.933. The maximum atomic E-state index is 8.93. The van der Waals surface area contributed by atoms with E-state index in [1.807, 2.05) is 0 Å². The summed E-state index contributed by atoms with van der Waals surface area (Å²) in [4.78, 5) is 2.66. The van der Waals surface area contributed by atoms with Crippen LogP contribution in [0.3, 0.4) is 0 Å². The fourth-order valence-electron chi connectivity index (χ4n) is 3.11. The number of hydrogen-bond acceptors (Lipinski definition) is 3. The number of rotatable bonds is 7. The van der Waals surface area contributed by atoms with Gasteiger partial charge in [0.15, 0.2) is 0 Å². The zero-order chi connectivity index (χ0) is 12.8. The van der Waals surface area contributed by atoms with Crippen molar-refractivity contribution in [3.8, 4) is 6.07 Å². The van der Waals surface area contributed by atoms with Crippen molar-refractivity contribution in [1.29, 1.82) is 5.26 Å². The molecule has 0 amide bonds. The summed E-state index contributed by atoms with van der Waals surface area (Å²) in [7, 11) is 0. The molecule has 2 aliphatic rings. The molecule has 2 fully saturated rings. The lowest BCUT2D eigenvalue weighted by atomic mass is 9.96. The highest BCUT2D eigenvalue weighted by Gasteiger charge is 2.44. The maximum Gasteiger partial charge on any atom is 0.0628 e. The van der Waals surface area contributed by atoms with Gasteiger partial charge in [-0.2, -0.15) is 5.26 Å². The molecule has 102 valence electrons. The summed E-state index contributed by atoms with van der Waals surface area (Å²) in [5.74, 6) is 0. The quantitative estimate of drug-likeness (QED) is 0.705. The third-order valence-electron chi connectivity index (χ3n) is 4.51. The van der Waals surface area contributed by atoms with Crippen LogP contribution in [0.2, 0.25) is 0 Å². The van der Waals surface area contributed by atoms with Gasteiger partial charge in [0.05, 0.1) is 6.07 Å². The van der Waals surface area contributed by atoms with Crippen molar-refractivity contribution >= 4 is 0 Å². The molecule has 2 rings (SSSR count). The summed E-state index contributed by atoms with van der Waals surface area (Å²) < 4.78 is 0. The smallest absolute Gasteiger partial charge is 0.0628 e. The molecule has 0 aromatic heterocycles. The number of nitrogens with zero attached hydrogens (tertiary/aromatic N) is 2. The Labute approximate surface area is 112 Å². The second-order valence-corrected chi connectivity index (χ2v) is 6.16. The molecule has 1 saturated heterocycles. The van der Waals surface area contributed by atoms with E-state index in [9.17, 15) is 0 Å². The van der Waals surface area contributed by atoms with Crippen LogP contribution in [-0.2, 0) is 0 Å². The van der Waals surface area contributed by atoms with Gasteiger partial charge in [0.25, 0.3) is 0 Å². The minimum absolute atomic E-state index is 0.370. The lowest BCUT2D eigenvalue weighted by molar-refractivity contribution is 0.117. The highest BCUT2D eigenvalue weighted by molar-refractivity contribution is 5.02. The van der Waals surface area contributed by atoms with E-state index >= 15 is 0 Å². The molecular formula is C15H27N3. The van der Waals surface area contributed by atoms with Gasteiger partial charge in [-0.15, -0.1) is 0 Å². The molecule has 1 heterocycles. The molecule has 18 heavy (non-hydrogen) atoms. The van der Waals surface area contributed by atoms with Gasteiger partial charge in [-0.05, 0) is 50.6 Å². The van der Waals surface area contributed by atoms with Gasteiger partial charge < -0.3 is 5.32 Å². The summed E-state index contributed by atoms with van der Waals surface area (Å²) in [6.07, 6.45) is 8.56. The summed E-state index contributed by atoms with van der Waals surface area (Å²) in [5.41, 5.74) is 0.370. The standard InChI is InChI=1S/C15H27N3/c1-2-10-17-12-14-5-3-4-11-18(14)13-15(6-7-15)8-9-16/h14,17H,2-8,10-13H2,1H3. The molecule has 0 radical (unpaired) electrons. The summed E-state index contributed by atoms with van der Waals surface area (Å²) in [6.45, 7) is 6.90. The van der Waals surface area contributed by atoms with Crippen LogP contribution in [0.25, 0.3) is 0 Å². The lowest BCUT2D eigenvalue weighted by Gasteiger charge is -2.38. The Morgan fingerprint density at radius 2 is 2.22 bits per heavy atom. The predicted octanol–water partition coefficient (Wildman–Crippen LogP) is 2.53. The molecule has 1 N–H and O–H groups in total. The zero-order valence-electron chi connectivity index (χ0n) is 11.7. The van der Waals surface area contributed by atoms with Crippen LogP contribution in [0.1, 0.15) is 51.9 Å². The Morgan fingerprint density at radius 1 is 1.39 bits per heavy atom. The molecule has 3 heteroatoms. The first-order chi connectivity index (χ1) is 8.79. The van der Waals surface area contributed by atoms with Crippen molar-refractivity contribution in [3.05, 3.63) is 0 Å². The topological polar surface area (TPSA) is 39.1 Å². The maximum absolute atomic E-state index is 8.93. The minimum atomic E-state index is 0.370. The first-order valence-corrected chi connectivity index (χ1v) is 7.61. The average Bonchev–Trinajstić information content (AvgIpc) is 3.12. The van der Waals surface area contributed by atoms with Crippen LogP contribution in [-0.4, -0.2) is 37.1 Å². The molecule has 1 saturated carbocycles. The van der Waals surface area contributed by atoms with E-state index in [1.54, 1.807) is 0 Å². The summed E-state index contributed by atoms with van der Waals surface area (Å²) in [6, 6.07) is 3.09. The molecule has 1 atom stereocenters. The van der Waals surface area contributed by atoms with Gasteiger partial charge in [-0.25, -0.2) is 0 Å². The number of likely N-dealkylation sites (tertiary alicyclic amines) is 1. The van der Waals surface area contributed by atoms with Gasteiger partial charge in [-0.3, -0.25) is 4.90 Å². The average molecular weight is 249 g/mol. The van der Waals surface area contributed by atoms with Crippen molar-refractivity contribution in [2.45, 2.75) is 57.9 Å². The first kappa shape index (κ1) is 13.8. The Kier molecular flexibility index (Phi) is 5.03. The Morgan fingerprint density at radius 3 is 2.89 bits per heavy atom. The molecule has 1 unspecified atom stereocenters. The molecule has 0 aromatic rings. The summed E-state index contributed by atoms with van der Waals surface area (Å²) in [5, 5.41) is 12.5. The minimum Gasteiger partial charge on any atom is -0.315 e. The van der Waals surface area contributed by atoms with E-state index in [0.29, 0.717) is 11.5 Å². The van der Waals surface area contributed by atoms with E-state index in [0.717, 1.165) is 19.5 Å². The highest BCUT2D eigenvalue weighted by Crippen LogP contribution is 2.49. The van der Waals surface area contributed by atoms with Crippen LogP contribution in [0.15, 0.2) is 0 Å². The van der Waals surface area contributed by atoms with Gasteiger partial charge in [0.1, 0.15) is 0 Å². The predicted molar refractivity (Wildman–Crippen MR) is 74.3 cm³/mol. The molecule has 0 spiro atoms. The first-order valence-electron chi connectivity index (χ1n) is 7.61. The largest absolute Gasteiger partial charge is 0.315 e. The van der Waals surface area contributed by atoms with E-state index < -0.39 is 0 Å². The van der Waals surface area contributed by atoms with Crippen LogP contribution in [0.4, 0.5) is 0 Å². The van der Waals surface area contributed by atoms with E-state index in [-0.39, 0.29) is 0 Å². The third kappa shape index (κ3) is 3.70. The van der Waals surface area contributed by atoms with Crippen molar-refractivity contribution in [3.63, 3.8) is 0 Å². The molecule has 3 nitrogen and oxygen atoms in total. The highest BCUT2D eigenvalue weighted by atomic mass is 15.2. The monoisotopic (exact) mass is 249 g/mol. The Bertz CT molecular complexity index is 291. The van der Waals surface area contributed by atoms with Crippen LogP contribution < -0.4 is 5.32 Å². The van der Waals surface area contributed by atoms with E-state index in [2.05, 4.69) is 23.2 Å². The number of piperidine rings is 1. The number of nitrogens with one attached hydrogen (secondary N) is 1. The second kappa shape index (κ2) is 6.54. The lowest BCUT2D eigenvalue weighted by Crippen LogP contribution is -2.47. The van der Waals surface area contributed by atoms with E-state index in [1.165, 1.54) is 51.6 Å².